The van der Waals surface area contributed by atoms with Crippen molar-refractivity contribution in [1.29, 1.82) is 0 Å². The molecule has 0 unspecified atom stereocenters. The number of ether oxygens (including phenoxy) is 1. The molecule has 138 valence electrons. The average molecular weight is 373 g/mol. The van der Waals surface area contributed by atoms with Gasteiger partial charge in [0.15, 0.2) is 5.75 Å². The Kier molecular flexibility index (Phi) is 4.69. The number of nitrogens with two attached hydrogens (primary N) is 1. The van der Waals surface area contributed by atoms with Crippen molar-refractivity contribution in [2.75, 3.05) is 19.7 Å². The second-order valence-electron chi connectivity index (χ2n) is 6.64. The number of nitro groups is 1. The summed E-state index contributed by atoms with van der Waals surface area (Å²) in [4.78, 5) is 12.2. The van der Waals surface area contributed by atoms with Gasteiger partial charge in [-0.1, -0.05) is 0 Å². The van der Waals surface area contributed by atoms with E-state index in [0.29, 0.717) is 32.0 Å². The Hall–Kier alpha value is -1.78. The molecule has 8 nitrogen and oxygen atoms in total. The summed E-state index contributed by atoms with van der Waals surface area (Å²) in [6, 6.07) is 3.65. The molecule has 0 amide bonds. The number of nitro benzene ring substituents is 1. The molecule has 3 rings (SSSR count). The predicted molar refractivity (Wildman–Crippen MR) is 87.6 cm³/mol. The van der Waals surface area contributed by atoms with E-state index in [0.717, 1.165) is 18.2 Å². The third-order valence-electron chi connectivity index (χ3n) is 4.70. The Bertz CT molecular complexity index is 773. The summed E-state index contributed by atoms with van der Waals surface area (Å²) in [6.45, 7) is 0.995. The van der Waals surface area contributed by atoms with Crippen LogP contribution in [0.15, 0.2) is 23.1 Å². The van der Waals surface area contributed by atoms with Crippen LogP contribution in [0.1, 0.15) is 25.7 Å². The first kappa shape index (κ1) is 18.0. The maximum atomic E-state index is 14.9. The van der Waals surface area contributed by atoms with Crippen molar-refractivity contribution < 1.29 is 22.5 Å². The minimum Gasteiger partial charge on any atom is -0.483 e. The zero-order chi connectivity index (χ0) is 18.2. The number of benzene rings is 1. The third-order valence-corrected chi connectivity index (χ3v) is 5.61. The van der Waals surface area contributed by atoms with Crippen LogP contribution in [0, 0.1) is 10.1 Å². The maximum absolute atomic E-state index is 14.9. The molecular formula is C15H20FN3O5S. The molecule has 0 aromatic heterocycles. The van der Waals surface area contributed by atoms with Crippen molar-refractivity contribution in [2.45, 2.75) is 42.3 Å². The maximum Gasteiger partial charge on any atom is 0.312 e. The van der Waals surface area contributed by atoms with E-state index in [1.807, 2.05) is 0 Å². The lowest BCUT2D eigenvalue weighted by Gasteiger charge is -2.36. The number of alkyl halides is 1. The van der Waals surface area contributed by atoms with E-state index in [9.17, 15) is 22.9 Å². The number of nitrogens with zero attached hydrogens (tertiary/aromatic N) is 2. The van der Waals surface area contributed by atoms with Crippen LogP contribution < -0.4 is 9.88 Å². The monoisotopic (exact) mass is 373 g/mol. The number of hydrogen-bond acceptors (Lipinski definition) is 6. The minimum absolute atomic E-state index is 0.168. The largest absolute Gasteiger partial charge is 0.483 e. The fourth-order valence-corrected chi connectivity index (χ4v) is 3.55. The lowest BCUT2D eigenvalue weighted by molar-refractivity contribution is -0.386. The molecule has 1 aromatic rings. The average Bonchev–Trinajstić information content (AvgIpc) is 3.37. The lowest BCUT2D eigenvalue weighted by Crippen LogP contribution is -2.45. The van der Waals surface area contributed by atoms with Gasteiger partial charge in [0, 0.05) is 25.2 Å². The minimum atomic E-state index is -4.07. The summed E-state index contributed by atoms with van der Waals surface area (Å²) in [6.07, 6.45) is 2.95. The van der Waals surface area contributed by atoms with Gasteiger partial charge in [-0.3, -0.25) is 10.1 Å². The van der Waals surface area contributed by atoms with Crippen molar-refractivity contribution in [3.05, 3.63) is 28.3 Å². The summed E-state index contributed by atoms with van der Waals surface area (Å²) in [5.74, 6) is -0.168. The lowest BCUT2D eigenvalue weighted by atomic mass is 9.94. The van der Waals surface area contributed by atoms with Crippen LogP contribution in [0.4, 0.5) is 10.1 Å². The van der Waals surface area contributed by atoms with Gasteiger partial charge in [-0.05, 0) is 37.8 Å². The molecule has 10 heteroatoms. The van der Waals surface area contributed by atoms with Gasteiger partial charge in [0.25, 0.3) is 0 Å². The molecule has 1 heterocycles. The van der Waals surface area contributed by atoms with Gasteiger partial charge in [0.2, 0.25) is 10.0 Å². The van der Waals surface area contributed by atoms with Crippen molar-refractivity contribution >= 4 is 15.7 Å². The van der Waals surface area contributed by atoms with Crippen molar-refractivity contribution in [1.82, 2.24) is 4.90 Å². The van der Waals surface area contributed by atoms with E-state index in [1.54, 1.807) is 0 Å². The van der Waals surface area contributed by atoms with Gasteiger partial charge < -0.3 is 9.64 Å². The van der Waals surface area contributed by atoms with E-state index >= 15 is 0 Å². The fourth-order valence-electron chi connectivity index (χ4n) is 3.02. The molecule has 1 saturated carbocycles. The van der Waals surface area contributed by atoms with Crippen LogP contribution in [-0.2, 0) is 10.0 Å². The second-order valence-corrected chi connectivity index (χ2v) is 8.20. The number of sulfonamides is 1. The van der Waals surface area contributed by atoms with Crippen LogP contribution in [0.25, 0.3) is 0 Å². The van der Waals surface area contributed by atoms with Crippen LogP contribution in [0.5, 0.6) is 5.75 Å². The molecule has 1 aliphatic carbocycles. The molecule has 2 aliphatic rings. The molecule has 1 aromatic carbocycles. The molecule has 2 N–H and O–H groups in total. The number of halogens is 1. The van der Waals surface area contributed by atoms with E-state index in [4.69, 9.17) is 9.88 Å². The highest BCUT2D eigenvalue weighted by Crippen LogP contribution is 2.36. The molecule has 25 heavy (non-hydrogen) atoms. The highest BCUT2D eigenvalue weighted by Gasteiger charge is 2.40. The summed E-state index contributed by atoms with van der Waals surface area (Å²) in [5.41, 5.74) is -2.09. The van der Waals surface area contributed by atoms with Gasteiger partial charge in [0.05, 0.1) is 9.82 Å². The molecule has 0 spiro atoms. The van der Waals surface area contributed by atoms with Gasteiger partial charge in [-0.25, -0.2) is 17.9 Å². The summed E-state index contributed by atoms with van der Waals surface area (Å²) < 4.78 is 42.9. The van der Waals surface area contributed by atoms with Crippen molar-refractivity contribution in [2.24, 2.45) is 5.14 Å². The zero-order valence-corrected chi connectivity index (χ0v) is 14.4. The Morgan fingerprint density at radius 2 is 2.00 bits per heavy atom. The van der Waals surface area contributed by atoms with Crippen LogP contribution in [0.2, 0.25) is 0 Å². The highest BCUT2D eigenvalue weighted by atomic mass is 32.2. The van der Waals surface area contributed by atoms with Crippen LogP contribution >= 0.6 is 0 Å². The van der Waals surface area contributed by atoms with E-state index in [-0.39, 0.29) is 17.3 Å². The molecule has 0 bridgehead atoms. The first-order valence-corrected chi connectivity index (χ1v) is 9.60. The smallest absolute Gasteiger partial charge is 0.312 e. The fraction of sp³-hybridized carbons (Fsp3) is 0.600. The molecule has 1 aliphatic heterocycles. The van der Waals surface area contributed by atoms with Gasteiger partial charge in [-0.15, -0.1) is 0 Å². The topological polar surface area (TPSA) is 116 Å². The molecule has 0 atom stereocenters. The van der Waals surface area contributed by atoms with E-state index < -0.39 is 26.3 Å². The van der Waals surface area contributed by atoms with E-state index in [2.05, 4.69) is 4.90 Å². The van der Waals surface area contributed by atoms with Gasteiger partial charge in [-0.2, -0.15) is 0 Å². The molecule has 1 saturated heterocycles. The molecule has 2 fully saturated rings. The first-order chi connectivity index (χ1) is 11.7. The van der Waals surface area contributed by atoms with Crippen molar-refractivity contribution in [3.63, 3.8) is 0 Å². The SMILES string of the molecule is NS(=O)(=O)c1ccc(OCC2(F)CCN(C3CC3)CC2)c([N+](=O)[O-])c1. The van der Waals surface area contributed by atoms with Gasteiger partial charge >= 0.3 is 5.69 Å². The Labute approximate surface area is 144 Å². The number of primary sulfonamides is 1. The highest BCUT2D eigenvalue weighted by molar-refractivity contribution is 7.89. The second kappa shape index (κ2) is 6.50. The molecular weight excluding hydrogens is 353 g/mol. The van der Waals surface area contributed by atoms with Crippen LogP contribution in [-0.4, -0.2) is 49.6 Å². The zero-order valence-electron chi connectivity index (χ0n) is 13.6. The Morgan fingerprint density at radius 3 is 2.52 bits per heavy atom. The first-order valence-electron chi connectivity index (χ1n) is 8.05. The predicted octanol–water partition coefficient (Wildman–Crippen LogP) is 1.59. The standard InChI is InChI=1S/C15H20FN3O5S/c16-15(5-7-18(8-6-15)11-1-2-11)10-24-14-4-3-12(25(17,22)23)9-13(14)19(20)21/h3-4,9,11H,1-2,5-8,10H2,(H2,17,22,23). The number of likely N-dealkylation sites (tertiary alicyclic amines) is 1. The Morgan fingerprint density at radius 1 is 1.36 bits per heavy atom. The normalized spacial score (nSPS) is 21.0. The Balaban J connectivity index is 1.69. The summed E-state index contributed by atoms with van der Waals surface area (Å²) >= 11 is 0. The summed E-state index contributed by atoms with van der Waals surface area (Å²) in [5, 5.41) is 16.1. The quantitative estimate of drug-likeness (QED) is 0.598. The van der Waals surface area contributed by atoms with E-state index in [1.165, 1.54) is 12.8 Å². The van der Waals surface area contributed by atoms with Crippen molar-refractivity contribution in [3.8, 4) is 5.75 Å². The number of hydrogen-bond donors (Lipinski definition) is 1. The van der Waals surface area contributed by atoms with Gasteiger partial charge in [0.1, 0.15) is 12.3 Å². The number of piperidine rings is 1. The third kappa shape index (κ3) is 4.25. The summed E-state index contributed by atoms with van der Waals surface area (Å²) in [7, 11) is -4.07. The number of rotatable bonds is 6. The molecule has 0 radical (unpaired) electrons. The van der Waals surface area contributed by atoms with Crippen LogP contribution in [0.3, 0.4) is 0 Å².